The molecule has 0 spiro atoms. The molecule has 0 aliphatic heterocycles. The van der Waals surface area contributed by atoms with E-state index in [-0.39, 0.29) is 0 Å². The molecule has 1 N–H and O–H groups in total. The average Bonchev–Trinajstić information content (AvgIpc) is 3.43. The molecular formula is C20H21N3O2S3. The van der Waals surface area contributed by atoms with Crippen molar-refractivity contribution in [1.82, 2.24) is 9.97 Å². The largest absolute Gasteiger partial charge is 0.351 e. The Labute approximate surface area is 172 Å². The highest BCUT2D eigenvalue weighted by atomic mass is 32.2. The number of hydrogen-bond acceptors (Lipinski definition) is 5. The maximum absolute atomic E-state index is 13.2. The van der Waals surface area contributed by atoms with Crippen LogP contribution in [0, 0.1) is 6.92 Å². The molecule has 146 valence electrons. The molecule has 0 fully saturated rings. The molecule has 3 aromatic heterocycles. The third-order valence-electron chi connectivity index (χ3n) is 4.72. The van der Waals surface area contributed by atoms with Crippen LogP contribution in [0.4, 0.5) is 5.69 Å². The van der Waals surface area contributed by atoms with Gasteiger partial charge in [-0.15, -0.1) is 22.7 Å². The number of nitrogens with one attached hydrogen (secondary N) is 1. The zero-order valence-electron chi connectivity index (χ0n) is 15.9. The van der Waals surface area contributed by atoms with E-state index in [1.807, 2.05) is 32.2 Å². The van der Waals surface area contributed by atoms with Crippen molar-refractivity contribution >= 4 is 49.3 Å². The Morgan fingerprint density at radius 1 is 1.21 bits per heavy atom. The van der Waals surface area contributed by atoms with Crippen molar-refractivity contribution in [2.24, 2.45) is 0 Å². The Morgan fingerprint density at radius 3 is 2.68 bits per heavy atom. The Kier molecular flexibility index (Phi) is 5.03. The molecule has 0 radical (unpaired) electrons. The molecule has 4 aromatic rings. The quantitative estimate of drug-likeness (QED) is 0.442. The number of benzene rings is 1. The van der Waals surface area contributed by atoms with Crippen molar-refractivity contribution in [3.63, 3.8) is 0 Å². The van der Waals surface area contributed by atoms with Gasteiger partial charge in [0.2, 0.25) is 0 Å². The highest BCUT2D eigenvalue weighted by Crippen LogP contribution is 2.36. The van der Waals surface area contributed by atoms with Crippen molar-refractivity contribution in [1.29, 1.82) is 0 Å². The maximum atomic E-state index is 13.2. The lowest BCUT2D eigenvalue weighted by molar-refractivity contribution is 0.594. The van der Waals surface area contributed by atoms with Crippen LogP contribution in [0.2, 0.25) is 0 Å². The molecule has 0 unspecified atom stereocenters. The first kappa shape index (κ1) is 19.2. The summed E-state index contributed by atoms with van der Waals surface area (Å²) in [5, 5.41) is 3.72. The number of H-pyrrole nitrogens is 1. The lowest BCUT2D eigenvalue weighted by atomic mass is 10.1. The normalized spacial score (nSPS) is 12.0. The fraction of sp³-hybridized carbons (Fsp3) is 0.250. The molecule has 4 rings (SSSR count). The fourth-order valence-corrected chi connectivity index (χ4v) is 6.67. The van der Waals surface area contributed by atoms with Crippen molar-refractivity contribution in [2.75, 3.05) is 10.8 Å². The van der Waals surface area contributed by atoms with E-state index in [1.165, 1.54) is 20.5 Å². The van der Waals surface area contributed by atoms with Gasteiger partial charge in [0.15, 0.2) is 0 Å². The molecule has 3 heterocycles. The van der Waals surface area contributed by atoms with Crippen LogP contribution >= 0.6 is 22.7 Å². The van der Waals surface area contributed by atoms with Gasteiger partial charge in [-0.2, -0.15) is 0 Å². The van der Waals surface area contributed by atoms with Crippen LogP contribution in [-0.4, -0.2) is 24.9 Å². The Hall–Kier alpha value is -2.16. The number of thiophene rings is 1. The minimum atomic E-state index is -3.60. The number of thiazole rings is 1. The van der Waals surface area contributed by atoms with Crippen molar-refractivity contribution in [3.05, 3.63) is 52.3 Å². The van der Waals surface area contributed by atoms with Gasteiger partial charge < -0.3 is 4.98 Å². The fourth-order valence-electron chi connectivity index (χ4n) is 3.25. The number of sulfonamides is 1. The van der Waals surface area contributed by atoms with Gasteiger partial charge in [-0.25, -0.2) is 13.4 Å². The molecule has 1 aromatic carbocycles. The van der Waals surface area contributed by atoms with Crippen LogP contribution in [0.25, 0.3) is 21.6 Å². The van der Waals surface area contributed by atoms with Gasteiger partial charge in [-0.1, -0.05) is 19.1 Å². The van der Waals surface area contributed by atoms with Crippen LogP contribution in [0.15, 0.2) is 46.1 Å². The third-order valence-corrected chi connectivity index (χ3v) is 9.15. The smallest absolute Gasteiger partial charge is 0.273 e. The predicted octanol–water partition coefficient (Wildman–Crippen LogP) is 5.44. The van der Waals surface area contributed by atoms with Gasteiger partial charge in [0.05, 0.1) is 16.9 Å². The third kappa shape index (κ3) is 3.15. The van der Waals surface area contributed by atoms with E-state index in [9.17, 15) is 8.42 Å². The van der Waals surface area contributed by atoms with Crippen LogP contribution < -0.4 is 4.31 Å². The molecule has 0 aliphatic rings. The highest BCUT2D eigenvalue weighted by Gasteiger charge is 2.27. The van der Waals surface area contributed by atoms with Crippen LogP contribution in [0.3, 0.4) is 0 Å². The standard InChI is InChI=1S/C20H21N3O2S3/c1-4-14-12-21-20(27-14)16-11-15-13(3)8-9-17(19(15)22-16)23(5-2)28(24,25)18-7-6-10-26-18/h6-12,22H,4-5H2,1-3H3. The maximum Gasteiger partial charge on any atom is 0.273 e. The van der Waals surface area contributed by atoms with E-state index in [1.54, 1.807) is 28.8 Å². The first-order chi connectivity index (χ1) is 13.5. The number of aryl methyl sites for hydroxylation is 2. The van der Waals surface area contributed by atoms with Crippen LogP contribution in [0.1, 0.15) is 24.3 Å². The van der Waals surface area contributed by atoms with E-state index in [0.717, 1.165) is 33.6 Å². The molecule has 0 bridgehead atoms. The summed E-state index contributed by atoms with van der Waals surface area (Å²) >= 11 is 2.89. The number of fused-ring (bicyclic) bond motifs is 1. The predicted molar refractivity (Wildman–Crippen MR) is 118 cm³/mol. The van der Waals surface area contributed by atoms with Gasteiger partial charge in [-0.3, -0.25) is 4.31 Å². The van der Waals surface area contributed by atoms with E-state index in [0.29, 0.717) is 16.4 Å². The zero-order chi connectivity index (χ0) is 19.9. The second kappa shape index (κ2) is 7.35. The Balaban J connectivity index is 1.88. The van der Waals surface area contributed by atoms with Crippen molar-refractivity contribution in [3.8, 4) is 10.7 Å². The number of rotatable bonds is 6. The highest BCUT2D eigenvalue weighted by molar-refractivity contribution is 7.94. The number of aromatic nitrogens is 2. The van der Waals surface area contributed by atoms with Crippen LogP contribution in [0.5, 0.6) is 0 Å². The summed E-state index contributed by atoms with van der Waals surface area (Å²) in [5.74, 6) is 0. The average molecular weight is 432 g/mol. The molecule has 0 amide bonds. The lowest BCUT2D eigenvalue weighted by Gasteiger charge is -2.23. The summed E-state index contributed by atoms with van der Waals surface area (Å²) in [6.45, 7) is 6.35. The van der Waals surface area contributed by atoms with Crippen LogP contribution in [-0.2, 0) is 16.4 Å². The van der Waals surface area contributed by atoms with E-state index >= 15 is 0 Å². The number of nitrogens with zero attached hydrogens (tertiary/aromatic N) is 2. The van der Waals surface area contributed by atoms with Gasteiger partial charge in [0.25, 0.3) is 10.0 Å². The summed E-state index contributed by atoms with van der Waals surface area (Å²) in [6, 6.07) is 9.33. The summed E-state index contributed by atoms with van der Waals surface area (Å²) in [5.41, 5.74) is 3.50. The second-order valence-corrected chi connectivity index (χ2v) is 10.6. The minimum Gasteiger partial charge on any atom is -0.351 e. The van der Waals surface area contributed by atoms with Crippen molar-refractivity contribution < 1.29 is 8.42 Å². The van der Waals surface area contributed by atoms with Crippen molar-refractivity contribution in [2.45, 2.75) is 31.4 Å². The second-order valence-electron chi connectivity index (χ2n) is 6.46. The Morgan fingerprint density at radius 2 is 2.04 bits per heavy atom. The van der Waals surface area contributed by atoms with Gasteiger partial charge in [0.1, 0.15) is 9.22 Å². The zero-order valence-corrected chi connectivity index (χ0v) is 18.3. The summed E-state index contributed by atoms with van der Waals surface area (Å²) in [4.78, 5) is 9.18. The molecule has 0 saturated heterocycles. The molecule has 28 heavy (non-hydrogen) atoms. The minimum absolute atomic E-state index is 0.349. The SMILES string of the molecule is CCc1cnc(-c2cc3c(C)ccc(N(CC)S(=O)(=O)c4cccs4)c3[nH]2)s1. The molecule has 0 saturated carbocycles. The van der Waals surface area contributed by atoms with Gasteiger partial charge in [0, 0.05) is 23.0 Å². The van der Waals surface area contributed by atoms with Gasteiger partial charge >= 0.3 is 0 Å². The van der Waals surface area contributed by atoms with E-state index in [4.69, 9.17) is 0 Å². The summed E-state index contributed by atoms with van der Waals surface area (Å²) in [7, 11) is -3.60. The number of aromatic amines is 1. The van der Waals surface area contributed by atoms with E-state index < -0.39 is 10.0 Å². The van der Waals surface area contributed by atoms with Gasteiger partial charge in [-0.05, 0) is 49.4 Å². The molecule has 8 heteroatoms. The lowest BCUT2D eigenvalue weighted by Crippen LogP contribution is -2.30. The number of anilines is 1. The molecular weight excluding hydrogens is 410 g/mol. The summed E-state index contributed by atoms with van der Waals surface area (Å²) in [6.07, 6.45) is 2.85. The summed E-state index contributed by atoms with van der Waals surface area (Å²) < 4.78 is 28.2. The first-order valence-corrected chi connectivity index (χ1v) is 12.2. The molecule has 0 atom stereocenters. The molecule has 5 nitrogen and oxygen atoms in total. The number of hydrogen-bond donors (Lipinski definition) is 1. The monoisotopic (exact) mass is 431 g/mol. The Bertz CT molecular complexity index is 1220. The topological polar surface area (TPSA) is 66.1 Å². The van der Waals surface area contributed by atoms with E-state index in [2.05, 4.69) is 23.0 Å². The first-order valence-electron chi connectivity index (χ1n) is 9.09. The molecule has 0 aliphatic carbocycles.